The molecule has 2 nitrogen and oxygen atoms in total. The lowest BCUT2D eigenvalue weighted by Gasteiger charge is -2.06. The van der Waals surface area contributed by atoms with Gasteiger partial charge in [0.15, 0.2) is 0 Å². The molecule has 1 N–H and O–H groups in total. The summed E-state index contributed by atoms with van der Waals surface area (Å²) in [5.41, 5.74) is 2.67. The third-order valence-corrected chi connectivity index (χ3v) is 2.98. The van der Waals surface area contributed by atoms with Gasteiger partial charge in [0.2, 0.25) is 0 Å². The zero-order valence-corrected chi connectivity index (χ0v) is 9.06. The minimum absolute atomic E-state index is 0.266. The maximum Gasteiger partial charge on any atom is 0.491 e. The van der Waals surface area contributed by atoms with Crippen LogP contribution >= 0.6 is 0 Å². The standard InChI is InChI=1S/C13H10BFO2/c15-13-6-10-8-17-14(16)12(10)7-11(13)9-4-2-1-3-5-9/h1-7,16H,8H2. The number of rotatable bonds is 1. The Bertz CT molecular complexity index is 557. The number of fused-ring (bicyclic) bond motifs is 1. The van der Waals surface area contributed by atoms with Crippen molar-refractivity contribution in [2.45, 2.75) is 6.61 Å². The van der Waals surface area contributed by atoms with E-state index in [1.165, 1.54) is 6.07 Å². The van der Waals surface area contributed by atoms with E-state index in [0.717, 1.165) is 11.1 Å². The van der Waals surface area contributed by atoms with E-state index in [1.807, 2.05) is 30.3 Å². The number of hydrogen-bond donors (Lipinski definition) is 1. The van der Waals surface area contributed by atoms with E-state index in [1.54, 1.807) is 6.07 Å². The van der Waals surface area contributed by atoms with Crippen LogP contribution in [0.3, 0.4) is 0 Å². The summed E-state index contributed by atoms with van der Waals surface area (Å²) < 4.78 is 19.0. The van der Waals surface area contributed by atoms with Crippen LogP contribution in [0.4, 0.5) is 4.39 Å². The van der Waals surface area contributed by atoms with E-state index in [4.69, 9.17) is 4.65 Å². The summed E-state index contributed by atoms with van der Waals surface area (Å²) in [6.45, 7) is 0.266. The smallest absolute Gasteiger partial charge is 0.423 e. The Hall–Kier alpha value is -1.65. The number of halogens is 1. The molecule has 4 heteroatoms. The highest BCUT2D eigenvalue weighted by molar-refractivity contribution is 6.61. The average molecular weight is 228 g/mol. The fourth-order valence-corrected chi connectivity index (χ4v) is 2.08. The van der Waals surface area contributed by atoms with Gasteiger partial charge in [0.05, 0.1) is 6.61 Å². The molecule has 1 heterocycles. The van der Waals surface area contributed by atoms with Crippen molar-refractivity contribution in [1.82, 2.24) is 0 Å². The first-order chi connectivity index (χ1) is 8.25. The van der Waals surface area contributed by atoms with E-state index in [2.05, 4.69) is 0 Å². The Morgan fingerprint density at radius 2 is 1.94 bits per heavy atom. The van der Waals surface area contributed by atoms with Crippen molar-refractivity contribution in [2.24, 2.45) is 0 Å². The fraction of sp³-hybridized carbons (Fsp3) is 0.0769. The predicted octanol–water partition coefficient (Wildman–Crippen LogP) is 1.71. The lowest BCUT2D eigenvalue weighted by molar-refractivity contribution is 0.275. The minimum atomic E-state index is -0.937. The molecule has 0 atom stereocenters. The summed E-state index contributed by atoms with van der Waals surface area (Å²) in [4.78, 5) is 0. The molecule has 17 heavy (non-hydrogen) atoms. The van der Waals surface area contributed by atoms with Crippen LogP contribution in [0.2, 0.25) is 0 Å². The van der Waals surface area contributed by atoms with Crippen molar-refractivity contribution in [3.8, 4) is 11.1 Å². The van der Waals surface area contributed by atoms with Gasteiger partial charge in [-0.1, -0.05) is 36.4 Å². The van der Waals surface area contributed by atoms with Gasteiger partial charge >= 0.3 is 7.12 Å². The van der Waals surface area contributed by atoms with Gasteiger partial charge in [-0.05, 0) is 22.7 Å². The van der Waals surface area contributed by atoms with Gasteiger partial charge in [0, 0.05) is 5.56 Å². The average Bonchev–Trinajstić information content (AvgIpc) is 2.70. The number of benzene rings is 2. The molecule has 0 saturated heterocycles. The summed E-state index contributed by atoms with van der Waals surface area (Å²) in [6.07, 6.45) is 0. The molecule has 0 amide bonds. The van der Waals surface area contributed by atoms with Gasteiger partial charge in [0.25, 0.3) is 0 Å². The Morgan fingerprint density at radius 3 is 2.71 bits per heavy atom. The van der Waals surface area contributed by atoms with E-state index in [9.17, 15) is 9.41 Å². The monoisotopic (exact) mass is 228 g/mol. The molecule has 2 aromatic rings. The molecule has 0 bridgehead atoms. The Balaban J connectivity index is 2.16. The zero-order chi connectivity index (χ0) is 11.8. The molecular weight excluding hydrogens is 218 g/mol. The highest BCUT2D eigenvalue weighted by Crippen LogP contribution is 2.24. The van der Waals surface area contributed by atoms with Crippen LogP contribution < -0.4 is 5.46 Å². The normalized spacial score (nSPS) is 13.9. The van der Waals surface area contributed by atoms with Crippen LogP contribution in [0.5, 0.6) is 0 Å². The third-order valence-electron chi connectivity index (χ3n) is 2.98. The molecule has 0 saturated carbocycles. The molecule has 3 rings (SSSR count). The summed E-state index contributed by atoms with van der Waals surface area (Å²) in [5.74, 6) is -0.285. The predicted molar refractivity (Wildman–Crippen MR) is 64.2 cm³/mol. The molecule has 0 aromatic heterocycles. The molecule has 0 unspecified atom stereocenters. The topological polar surface area (TPSA) is 29.5 Å². The first-order valence-corrected chi connectivity index (χ1v) is 5.43. The SMILES string of the molecule is OB1OCc2cc(F)c(-c3ccccc3)cc21. The molecular formula is C13H10BFO2. The van der Waals surface area contributed by atoms with Gasteiger partial charge in [-0.3, -0.25) is 0 Å². The second-order valence-electron chi connectivity index (χ2n) is 4.06. The van der Waals surface area contributed by atoms with E-state index >= 15 is 0 Å². The maximum atomic E-state index is 13.9. The molecule has 0 fully saturated rings. The molecule has 84 valence electrons. The van der Waals surface area contributed by atoms with Gasteiger partial charge < -0.3 is 9.68 Å². The second-order valence-corrected chi connectivity index (χ2v) is 4.06. The van der Waals surface area contributed by atoms with E-state index in [-0.39, 0.29) is 12.4 Å². The van der Waals surface area contributed by atoms with Gasteiger partial charge in [-0.2, -0.15) is 0 Å². The maximum absolute atomic E-state index is 13.9. The summed E-state index contributed by atoms with van der Waals surface area (Å²) in [5, 5.41) is 9.60. The molecule has 0 radical (unpaired) electrons. The van der Waals surface area contributed by atoms with Crippen molar-refractivity contribution in [2.75, 3.05) is 0 Å². The van der Waals surface area contributed by atoms with Crippen LogP contribution in [0, 0.1) is 5.82 Å². The van der Waals surface area contributed by atoms with Crippen molar-refractivity contribution in [3.63, 3.8) is 0 Å². The van der Waals surface area contributed by atoms with E-state index < -0.39 is 7.12 Å². The van der Waals surface area contributed by atoms with Crippen LogP contribution in [0.25, 0.3) is 11.1 Å². The first-order valence-electron chi connectivity index (χ1n) is 5.43. The van der Waals surface area contributed by atoms with Crippen LogP contribution in [0.1, 0.15) is 5.56 Å². The summed E-state index contributed by atoms with van der Waals surface area (Å²) in [6, 6.07) is 12.4. The second kappa shape index (κ2) is 3.98. The van der Waals surface area contributed by atoms with Crippen molar-refractivity contribution >= 4 is 12.6 Å². The fourth-order valence-electron chi connectivity index (χ4n) is 2.08. The molecule has 0 spiro atoms. The molecule has 2 aromatic carbocycles. The Morgan fingerprint density at radius 1 is 1.18 bits per heavy atom. The zero-order valence-electron chi connectivity index (χ0n) is 9.06. The highest BCUT2D eigenvalue weighted by Gasteiger charge is 2.28. The van der Waals surface area contributed by atoms with Crippen LogP contribution in [-0.4, -0.2) is 12.1 Å². The number of hydrogen-bond acceptors (Lipinski definition) is 2. The summed E-state index contributed by atoms with van der Waals surface area (Å²) in [7, 11) is -0.937. The quantitative estimate of drug-likeness (QED) is 0.753. The Kier molecular flexibility index (Phi) is 2.46. The molecule has 0 aliphatic carbocycles. The van der Waals surface area contributed by atoms with Gasteiger partial charge in [0.1, 0.15) is 5.82 Å². The lowest BCUT2D eigenvalue weighted by atomic mass is 9.78. The first kappa shape index (κ1) is 10.5. The van der Waals surface area contributed by atoms with Crippen LogP contribution in [0.15, 0.2) is 42.5 Å². The highest BCUT2D eigenvalue weighted by atomic mass is 19.1. The van der Waals surface area contributed by atoms with Crippen LogP contribution in [-0.2, 0) is 11.3 Å². The largest absolute Gasteiger partial charge is 0.491 e. The van der Waals surface area contributed by atoms with Crippen molar-refractivity contribution in [1.29, 1.82) is 0 Å². The third kappa shape index (κ3) is 1.75. The Labute approximate surface area is 98.8 Å². The summed E-state index contributed by atoms with van der Waals surface area (Å²) >= 11 is 0. The molecule has 1 aliphatic rings. The van der Waals surface area contributed by atoms with Crippen molar-refractivity contribution in [3.05, 3.63) is 53.8 Å². The van der Waals surface area contributed by atoms with Gasteiger partial charge in [-0.15, -0.1) is 0 Å². The minimum Gasteiger partial charge on any atom is -0.423 e. The van der Waals surface area contributed by atoms with Crippen molar-refractivity contribution < 1.29 is 14.1 Å². The van der Waals surface area contributed by atoms with Gasteiger partial charge in [-0.25, -0.2) is 4.39 Å². The molecule has 1 aliphatic heterocycles. The lowest BCUT2D eigenvalue weighted by Crippen LogP contribution is -2.28. The van der Waals surface area contributed by atoms with E-state index in [0.29, 0.717) is 11.0 Å².